The van der Waals surface area contributed by atoms with Crippen molar-refractivity contribution in [1.82, 2.24) is 9.97 Å². The first-order valence-corrected chi connectivity index (χ1v) is 10.3. The molecule has 0 aliphatic heterocycles. The van der Waals surface area contributed by atoms with Crippen molar-refractivity contribution in [2.45, 2.75) is 26.3 Å². The van der Waals surface area contributed by atoms with Gasteiger partial charge in [-0.15, -0.1) is 13.2 Å². The van der Waals surface area contributed by atoms with Crippen molar-refractivity contribution in [1.29, 1.82) is 0 Å². The van der Waals surface area contributed by atoms with Gasteiger partial charge in [-0.05, 0) is 36.2 Å². The Bertz CT molecular complexity index is 1110. The molecule has 0 aliphatic carbocycles. The number of anilines is 3. The zero-order chi connectivity index (χ0) is 24.2. The van der Waals surface area contributed by atoms with Crippen LogP contribution in [0.5, 0.6) is 5.75 Å². The molecule has 2 aromatic carbocycles. The largest absolute Gasteiger partial charge is 0.573 e. The van der Waals surface area contributed by atoms with Crippen LogP contribution in [-0.4, -0.2) is 34.1 Å². The molecule has 0 saturated heterocycles. The smallest absolute Gasteiger partial charge is 0.406 e. The van der Waals surface area contributed by atoms with Crippen LogP contribution in [0.3, 0.4) is 0 Å². The van der Waals surface area contributed by atoms with Crippen molar-refractivity contribution in [3.8, 4) is 17.0 Å². The monoisotopic (exact) mass is 484 g/mol. The molecule has 176 valence electrons. The molecule has 11 heteroatoms. The zero-order valence-electron chi connectivity index (χ0n) is 17.6. The van der Waals surface area contributed by atoms with Crippen molar-refractivity contribution >= 4 is 29.1 Å². The van der Waals surface area contributed by atoms with Crippen molar-refractivity contribution in [3.05, 3.63) is 59.4 Å². The fourth-order valence-electron chi connectivity index (χ4n) is 2.89. The number of rotatable bonds is 8. The Balaban J connectivity index is 2.02. The van der Waals surface area contributed by atoms with Gasteiger partial charge < -0.3 is 20.5 Å². The van der Waals surface area contributed by atoms with E-state index < -0.39 is 17.9 Å². The molecule has 0 fully saturated rings. The van der Waals surface area contributed by atoms with E-state index in [9.17, 15) is 22.7 Å². The van der Waals surface area contributed by atoms with Gasteiger partial charge in [-0.25, -0.2) is 9.37 Å². The average Bonchev–Trinajstić information content (AvgIpc) is 2.72. The minimum atomic E-state index is -4.84. The van der Waals surface area contributed by atoms with E-state index >= 15 is 0 Å². The van der Waals surface area contributed by atoms with E-state index in [0.717, 1.165) is 6.07 Å². The summed E-state index contributed by atoms with van der Waals surface area (Å²) in [5.41, 5.74) is 0.979. The molecule has 3 rings (SSSR count). The van der Waals surface area contributed by atoms with Crippen LogP contribution in [0.2, 0.25) is 5.02 Å². The van der Waals surface area contributed by atoms with Gasteiger partial charge in [-0.1, -0.05) is 37.6 Å². The number of aliphatic hydroxyl groups is 1. The Morgan fingerprint density at radius 3 is 2.48 bits per heavy atom. The molecule has 0 aliphatic rings. The highest BCUT2D eigenvalue weighted by Gasteiger charge is 2.31. The van der Waals surface area contributed by atoms with Crippen LogP contribution >= 0.6 is 11.6 Å². The summed E-state index contributed by atoms with van der Waals surface area (Å²) in [5, 5.41) is 15.7. The standard InChI is InChI=1S/C22H21ClF4N4O2/c1-12(2)19(11-32)30-21-29-18(13-4-3-5-15(8-13)33-22(25,26)27)10-20(31-21)28-17-7-6-14(24)9-16(17)23/h3-10,12,19,32H,11H2,1-2H3,(H2,28,29,30,31)/t19-/m1/s1. The van der Waals surface area contributed by atoms with E-state index in [1.165, 1.54) is 36.4 Å². The zero-order valence-corrected chi connectivity index (χ0v) is 18.4. The molecule has 1 aromatic heterocycles. The van der Waals surface area contributed by atoms with Gasteiger partial charge in [0.25, 0.3) is 0 Å². The van der Waals surface area contributed by atoms with E-state index in [2.05, 4.69) is 25.3 Å². The first kappa shape index (κ1) is 24.5. The highest BCUT2D eigenvalue weighted by atomic mass is 35.5. The molecule has 0 saturated carbocycles. The number of benzene rings is 2. The number of aromatic nitrogens is 2. The van der Waals surface area contributed by atoms with Crippen LogP contribution in [-0.2, 0) is 0 Å². The van der Waals surface area contributed by atoms with Crippen LogP contribution in [0.25, 0.3) is 11.3 Å². The van der Waals surface area contributed by atoms with Crippen LogP contribution in [0, 0.1) is 11.7 Å². The first-order chi connectivity index (χ1) is 15.5. The molecule has 3 aromatic rings. The summed E-state index contributed by atoms with van der Waals surface area (Å²) in [6, 6.07) is 10.2. The lowest BCUT2D eigenvalue weighted by molar-refractivity contribution is -0.274. The summed E-state index contributed by atoms with van der Waals surface area (Å²) in [5.74, 6) is -0.504. The number of ether oxygens (including phenoxy) is 1. The van der Waals surface area contributed by atoms with E-state index in [4.69, 9.17) is 11.6 Å². The Morgan fingerprint density at radius 1 is 1.09 bits per heavy atom. The SMILES string of the molecule is CC(C)[C@@H](CO)Nc1nc(Nc2ccc(F)cc2Cl)cc(-c2cccc(OC(F)(F)F)c2)n1. The summed E-state index contributed by atoms with van der Waals surface area (Å²) < 4.78 is 55.3. The molecule has 3 N–H and O–H groups in total. The predicted molar refractivity (Wildman–Crippen MR) is 118 cm³/mol. The Kier molecular flexibility index (Phi) is 7.60. The van der Waals surface area contributed by atoms with Crippen LogP contribution in [0.4, 0.5) is 35.0 Å². The topological polar surface area (TPSA) is 79.3 Å². The summed E-state index contributed by atoms with van der Waals surface area (Å²) in [6.07, 6.45) is -4.84. The fraction of sp³-hybridized carbons (Fsp3) is 0.273. The molecule has 6 nitrogen and oxygen atoms in total. The quantitative estimate of drug-likeness (QED) is 0.340. The number of nitrogens with zero attached hydrogens (tertiary/aromatic N) is 2. The maximum atomic E-state index is 13.4. The van der Waals surface area contributed by atoms with Crippen molar-refractivity contribution in [2.75, 3.05) is 17.2 Å². The number of hydrogen-bond acceptors (Lipinski definition) is 6. The third-order valence-electron chi connectivity index (χ3n) is 4.60. The third kappa shape index (κ3) is 6.93. The third-order valence-corrected chi connectivity index (χ3v) is 4.91. The van der Waals surface area contributed by atoms with E-state index in [1.54, 1.807) is 6.07 Å². The molecule has 0 unspecified atom stereocenters. The number of hydrogen-bond donors (Lipinski definition) is 3. The van der Waals surface area contributed by atoms with Crippen LogP contribution < -0.4 is 15.4 Å². The highest BCUT2D eigenvalue weighted by molar-refractivity contribution is 6.33. The second kappa shape index (κ2) is 10.2. The number of halogens is 5. The molecule has 1 heterocycles. The van der Waals surface area contributed by atoms with Crippen LogP contribution in [0.15, 0.2) is 48.5 Å². The molecule has 33 heavy (non-hydrogen) atoms. The van der Waals surface area contributed by atoms with Crippen LogP contribution in [0.1, 0.15) is 13.8 Å². The van der Waals surface area contributed by atoms with Gasteiger partial charge in [-0.3, -0.25) is 0 Å². The summed E-state index contributed by atoms with van der Waals surface area (Å²) in [6.45, 7) is 3.60. The lowest BCUT2D eigenvalue weighted by atomic mass is 10.1. The first-order valence-electron chi connectivity index (χ1n) is 9.89. The minimum absolute atomic E-state index is 0.0359. The minimum Gasteiger partial charge on any atom is -0.406 e. The second-order valence-corrected chi connectivity index (χ2v) is 7.87. The number of alkyl halides is 3. The van der Waals surface area contributed by atoms with Gasteiger partial charge in [0.05, 0.1) is 29.1 Å². The average molecular weight is 485 g/mol. The molecular weight excluding hydrogens is 464 g/mol. The summed E-state index contributed by atoms with van der Waals surface area (Å²) in [4.78, 5) is 8.75. The van der Waals surface area contributed by atoms with Crippen molar-refractivity contribution < 1.29 is 27.4 Å². The molecule has 0 bridgehead atoms. The Morgan fingerprint density at radius 2 is 1.85 bits per heavy atom. The Labute approximate surface area is 192 Å². The molecule has 0 amide bonds. The molecule has 0 spiro atoms. The maximum Gasteiger partial charge on any atom is 0.573 e. The predicted octanol–water partition coefficient (Wildman–Crippen LogP) is 6.01. The highest BCUT2D eigenvalue weighted by Crippen LogP contribution is 2.31. The lowest BCUT2D eigenvalue weighted by Crippen LogP contribution is -2.30. The molecular formula is C22H21ClF4N4O2. The van der Waals surface area contributed by atoms with E-state index in [0.29, 0.717) is 11.3 Å². The van der Waals surface area contributed by atoms with Gasteiger partial charge >= 0.3 is 6.36 Å². The maximum absolute atomic E-state index is 13.4. The number of nitrogens with one attached hydrogen (secondary N) is 2. The van der Waals surface area contributed by atoms with E-state index in [1.807, 2.05) is 13.8 Å². The van der Waals surface area contributed by atoms with Crippen molar-refractivity contribution in [2.24, 2.45) is 5.92 Å². The summed E-state index contributed by atoms with van der Waals surface area (Å²) >= 11 is 6.09. The van der Waals surface area contributed by atoms with Gasteiger partial charge in [0.1, 0.15) is 17.4 Å². The normalized spacial score (nSPS) is 12.5. The fourth-order valence-corrected chi connectivity index (χ4v) is 3.11. The van der Waals surface area contributed by atoms with E-state index in [-0.39, 0.29) is 41.0 Å². The van der Waals surface area contributed by atoms with Gasteiger partial charge in [0.15, 0.2) is 0 Å². The second-order valence-electron chi connectivity index (χ2n) is 7.46. The lowest BCUT2D eigenvalue weighted by Gasteiger charge is -2.21. The van der Waals surface area contributed by atoms with Gasteiger partial charge in [0, 0.05) is 11.6 Å². The molecule has 1 atom stereocenters. The number of aliphatic hydroxyl groups excluding tert-OH is 1. The summed E-state index contributed by atoms with van der Waals surface area (Å²) in [7, 11) is 0. The van der Waals surface area contributed by atoms with Gasteiger partial charge in [-0.2, -0.15) is 4.98 Å². The van der Waals surface area contributed by atoms with Crippen molar-refractivity contribution in [3.63, 3.8) is 0 Å². The van der Waals surface area contributed by atoms with Gasteiger partial charge in [0.2, 0.25) is 5.95 Å². The Hall–Kier alpha value is -3.11. The molecule has 0 radical (unpaired) electrons.